The summed E-state index contributed by atoms with van der Waals surface area (Å²) in [4.78, 5) is 13.0. The lowest BCUT2D eigenvalue weighted by Crippen LogP contribution is -2.32. The Morgan fingerprint density at radius 1 is 1.33 bits per heavy atom. The van der Waals surface area contributed by atoms with Gasteiger partial charge in [0.25, 0.3) is 0 Å². The highest BCUT2D eigenvalue weighted by atomic mass is 32.2. The van der Waals surface area contributed by atoms with Crippen molar-refractivity contribution in [2.45, 2.75) is 10.9 Å². The van der Waals surface area contributed by atoms with E-state index in [1.165, 1.54) is 23.9 Å². The first kappa shape index (κ1) is 16.7. The Hall–Kier alpha value is -2.12. The number of halogens is 1. The molecule has 0 saturated carbocycles. The van der Waals surface area contributed by atoms with E-state index in [9.17, 15) is 9.18 Å². The number of thiophene rings is 1. The van der Waals surface area contributed by atoms with E-state index in [2.05, 4.69) is 15.8 Å². The third kappa shape index (κ3) is 4.46. The average molecular weight is 361 g/mol. The maximum atomic E-state index is 12.9. The van der Waals surface area contributed by atoms with Crippen molar-refractivity contribution in [3.63, 3.8) is 0 Å². The van der Waals surface area contributed by atoms with Crippen molar-refractivity contribution in [1.82, 2.24) is 15.1 Å². The van der Waals surface area contributed by atoms with Gasteiger partial charge in [-0.15, -0.1) is 11.8 Å². The predicted molar refractivity (Wildman–Crippen MR) is 94.8 cm³/mol. The summed E-state index contributed by atoms with van der Waals surface area (Å²) in [7, 11) is 0. The standard InChI is InChI=1S/C17H16FN3OS2/c18-14-2-4-15(5-3-14)24-12-17(22)19-10-16(13-6-9-23-11-13)21-8-1-7-20-21/h1-9,11,16H,10,12H2,(H,19,22). The van der Waals surface area contributed by atoms with Crippen LogP contribution < -0.4 is 5.32 Å². The highest BCUT2D eigenvalue weighted by molar-refractivity contribution is 8.00. The second kappa shape index (κ2) is 8.12. The zero-order valence-electron chi connectivity index (χ0n) is 12.8. The Morgan fingerprint density at radius 2 is 2.17 bits per heavy atom. The van der Waals surface area contributed by atoms with Crippen LogP contribution in [0.1, 0.15) is 11.6 Å². The summed E-state index contributed by atoms with van der Waals surface area (Å²) in [5.74, 6) is -0.0421. The van der Waals surface area contributed by atoms with E-state index in [4.69, 9.17) is 0 Å². The number of hydrogen-bond acceptors (Lipinski definition) is 4. The van der Waals surface area contributed by atoms with Crippen LogP contribution in [-0.2, 0) is 4.79 Å². The van der Waals surface area contributed by atoms with Gasteiger partial charge in [-0.3, -0.25) is 9.48 Å². The number of nitrogens with zero attached hydrogens (tertiary/aromatic N) is 2. The van der Waals surface area contributed by atoms with Gasteiger partial charge in [0, 0.05) is 23.8 Å². The lowest BCUT2D eigenvalue weighted by molar-refractivity contribution is -0.118. The van der Waals surface area contributed by atoms with Crippen molar-refractivity contribution in [2.24, 2.45) is 0 Å². The maximum Gasteiger partial charge on any atom is 0.230 e. The van der Waals surface area contributed by atoms with Crippen molar-refractivity contribution in [3.8, 4) is 0 Å². The van der Waals surface area contributed by atoms with Crippen molar-refractivity contribution in [1.29, 1.82) is 0 Å². The Bertz CT molecular complexity index is 724. The molecule has 0 aliphatic heterocycles. The molecule has 24 heavy (non-hydrogen) atoms. The zero-order chi connectivity index (χ0) is 16.8. The van der Waals surface area contributed by atoms with Crippen LogP contribution in [0.15, 0.2) is 64.4 Å². The van der Waals surface area contributed by atoms with Crippen LogP contribution in [0.5, 0.6) is 0 Å². The molecule has 0 spiro atoms. The minimum absolute atomic E-state index is 0.0222. The van der Waals surface area contributed by atoms with Gasteiger partial charge in [-0.05, 0) is 52.7 Å². The Morgan fingerprint density at radius 3 is 2.83 bits per heavy atom. The molecule has 1 atom stereocenters. The number of amides is 1. The molecule has 0 radical (unpaired) electrons. The van der Waals surface area contributed by atoms with Crippen molar-refractivity contribution in [2.75, 3.05) is 12.3 Å². The van der Waals surface area contributed by atoms with Crippen LogP contribution in [0, 0.1) is 5.82 Å². The third-order valence-electron chi connectivity index (χ3n) is 3.45. The first-order valence-corrected chi connectivity index (χ1v) is 9.31. The normalized spacial score (nSPS) is 12.0. The highest BCUT2D eigenvalue weighted by Gasteiger charge is 2.15. The number of benzene rings is 1. The molecule has 2 aromatic heterocycles. The maximum absolute atomic E-state index is 12.9. The van der Waals surface area contributed by atoms with Crippen molar-refractivity contribution < 1.29 is 9.18 Å². The Balaban J connectivity index is 1.54. The number of nitrogens with one attached hydrogen (secondary N) is 1. The smallest absolute Gasteiger partial charge is 0.230 e. The molecule has 124 valence electrons. The summed E-state index contributed by atoms with van der Waals surface area (Å²) in [6.45, 7) is 0.473. The van der Waals surface area contributed by atoms with E-state index in [1.54, 1.807) is 29.7 Å². The van der Waals surface area contributed by atoms with Gasteiger partial charge >= 0.3 is 0 Å². The summed E-state index contributed by atoms with van der Waals surface area (Å²) < 4.78 is 14.7. The van der Waals surface area contributed by atoms with Gasteiger partial charge in [0.05, 0.1) is 11.8 Å². The number of hydrogen-bond donors (Lipinski definition) is 1. The Kier molecular flexibility index (Phi) is 5.66. The third-order valence-corrected chi connectivity index (χ3v) is 5.16. The fourth-order valence-corrected chi connectivity index (χ4v) is 3.67. The summed E-state index contributed by atoms with van der Waals surface area (Å²) in [5, 5.41) is 11.3. The van der Waals surface area contributed by atoms with Gasteiger partial charge in [-0.1, -0.05) is 0 Å². The Labute approximate surface area is 147 Å². The number of carbonyl (C=O) groups is 1. The van der Waals surface area contributed by atoms with E-state index in [1.807, 2.05) is 28.4 Å². The second-order valence-corrected chi connectivity index (χ2v) is 6.93. The van der Waals surface area contributed by atoms with Crippen molar-refractivity contribution >= 4 is 29.0 Å². The molecule has 0 aliphatic rings. The zero-order valence-corrected chi connectivity index (χ0v) is 14.4. The number of carbonyl (C=O) groups excluding carboxylic acids is 1. The topological polar surface area (TPSA) is 46.9 Å². The van der Waals surface area contributed by atoms with E-state index < -0.39 is 0 Å². The summed E-state index contributed by atoms with van der Waals surface area (Å²) in [6.07, 6.45) is 3.62. The fourth-order valence-electron chi connectivity index (χ4n) is 2.23. The lowest BCUT2D eigenvalue weighted by Gasteiger charge is -2.17. The molecule has 0 fully saturated rings. The van der Waals surface area contributed by atoms with Gasteiger partial charge in [0.2, 0.25) is 5.91 Å². The van der Waals surface area contributed by atoms with Crippen molar-refractivity contribution in [3.05, 3.63) is 70.9 Å². The number of rotatable bonds is 7. The van der Waals surface area contributed by atoms with Crippen LogP contribution >= 0.6 is 23.1 Å². The van der Waals surface area contributed by atoms with E-state index >= 15 is 0 Å². The molecule has 2 heterocycles. The monoisotopic (exact) mass is 361 g/mol. The van der Waals surface area contributed by atoms with Gasteiger partial charge in [0.1, 0.15) is 5.82 Å². The SMILES string of the molecule is O=C(CSc1ccc(F)cc1)NCC(c1ccsc1)n1cccn1. The number of aromatic nitrogens is 2. The van der Waals surface area contributed by atoms with Crippen LogP contribution in [0.4, 0.5) is 4.39 Å². The second-order valence-electron chi connectivity index (χ2n) is 5.11. The molecule has 1 N–H and O–H groups in total. The summed E-state index contributed by atoms with van der Waals surface area (Å²) in [6, 6.07) is 10.0. The molecule has 3 aromatic rings. The fraction of sp³-hybridized carbons (Fsp3) is 0.176. The van der Waals surface area contributed by atoms with Crippen LogP contribution in [0.3, 0.4) is 0 Å². The summed E-state index contributed by atoms with van der Waals surface area (Å²) >= 11 is 3.00. The predicted octanol–water partition coefficient (Wildman–Crippen LogP) is 3.58. The van der Waals surface area contributed by atoms with Gasteiger partial charge in [0.15, 0.2) is 0 Å². The molecular weight excluding hydrogens is 345 g/mol. The molecule has 0 aliphatic carbocycles. The van der Waals surface area contributed by atoms with Crippen LogP contribution in [-0.4, -0.2) is 28.0 Å². The van der Waals surface area contributed by atoms with Gasteiger partial charge < -0.3 is 5.32 Å². The molecule has 1 amide bonds. The highest BCUT2D eigenvalue weighted by Crippen LogP contribution is 2.20. The minimum atomic E-state index is -0.276. The molecule has 1 aromatic carbocycles. The van der Waals surface area contributed by atoms with E-state index in [-0.39, 0.29) is 17.8 Å². The molecule has 0 bridgehead atoms. The molecule has 4 nitrogen and oxygen atoms in total. The minimum Gasteiger partial charge on any atom is -0.353 e. The van der Waals surface area contributed by atoms with Gasteiger partial charge in [-0.2, -0.15) is 16.4 Å². The van der Waals surface area contributed by atoms with E-state index in [0.717, 1.165) is 10.5 Å². The number of thioether (sulfide) groups is 1. The first-order chi connectivity index (χ1) is 11.7. The van der Waals surface area contributed by atoms with Gasteiger partial charge in [-0.25, -0.2) is 4.39 Å². The lowest BCUT2D eigenvalue weighted by atomic mass is 10.1. The quantitative estimate of drug-likeness (QED) is 0.654. The van der Waals surface area contributed by atoms with Crippen LogP contribution in [0.2, 0.25) is 0 Å². The molecular formula is C17H16FN3OS2. The molecule has 3 rings (SSSR count). The average Bonchev–Trinajstić information content (AvgIpc) is 3.29. The van der Waals surface area contributed by atoms with E-state index in [0.29, 0.717) is 12.3 Å². The molecule has 7 heteroatoms. The summed E-state index contributed by atoms with van der Waals surface area (Å²) in [5.41, 5.74) is 1.12. The molecule has 1 unspecified atom stereocenters. The largest absolute Gasteiger partial charge is 0.353 e. The first-order valence-electron chi connectivity index (χ1n) is 7.38. The van der Waals surface area contributed by atoms with Crippen LogP contribution in [0.25, 0.3) is 0 Å². The molecule has 0 saturated heterocycles.